The van der Waals surface area contributed by atoms with Crippen LogP contribution < -0.4 is 11.1 Å². The van der Waals surface area contributed by atoms with Crippen molar-refractivity contribution in [3.8, 4) is 0 Å². The van der Waals surface area contributed by atoms with Crippen LogP contribution >= 0.6 is 11.3 Å². The normalized spacial score (nSPS) is 11.6. The van der Waals surface area contributed by atoms with Gasteiger partial charge in [-0.1, -0.05) is 0 Å². The maximum Gasteiger partial charge on any atom is 0.338 e. The van der Waals surface area contributed by atoms with E-state index >= 15 is 0 Å². The Hall–Kier alpha value is -2.74. The monoisotopic (exact) mass is 336 g/mol. The van der Waals surface area contributed by atoms with E-state index in [0.29, 0.717) is 0 Å². The fourth-order valence-corrected chi connectivity index (χ4v) is 2.48. The highest BCUT2D eigenvalue weighted by molar-refractivity contribution is 7.14. The van der Waals surface area contributed by atoms with Gasteiger partial charge in [-0.2, -0.15) is 0 Å². The molecule has 23 heavy (non-hydrogen) atoms. The molecule has 0 spiro atoms. The highest BCUT2D eigenvalue weighted by Gasteiger charge is 2.21. The molecule has 0 saturated heterocycles. The Bertz CT molecular complexity index is 742. The molecule has 0 aliphatic rings. The van der Waals surface area contributed by atoms with Crippen LogP contribution in [0.2, 0.25) is 0 Å². The van der Waals surface area contributed by atoms with Crippen molar-refractivity contribution in [3.05, 3.63) is 52.7 Å². The number of benzene rings is 1. The number of carbonyl (C=O) groups is 3. The first-order chi connectivity index (χ1) is 10.9. The average molecular weight is 336 g/mol. The molecule has 0 unspecified atom stereocenters. The van der Waals surface area contributed by atoms with Crippen molar-refractivity contribution < 1.29 is 23.5 Å². The first-order valence-corrected chi connectivity index (χ1v) is 7.41. The smallest absolute Gasteiger partial charge is 0.338 e. The number of nitrogens with two attached hydrogens (primary N) is 1. The van der Waals surface area contributed by atoms with Crippen molar-refractivity contribution in [1.82, 2.24) is 0 Å². The van der Waals surface area contributed by atoms with Gasteiger partial charge in [0, 0.05) is 0 Å². The fourth-order valence-electron chi connectivity index (χ4n) is 1.68. The van der Waals surface area contributed by atoms with Crippen molar-refractivity contribution in [2.24, 2.45) is 5.73 Å². The molecular weight excluding hydrogens is 323 g/mol. The summed E-state index contributed by atoms with van der Waals surface area (Å²) in [6, 6.07) is 6.23. The van der Waals surface area contributed by atoms with E-state index in [1.165, 1.54) is 25.1 Å². The number of carbonyl (C=O) groups excluding carboxylic acids is 3. The van der Waals surface area contributed by atoms with Crippen LogP contribution in [0.15, 0.2) is 35.7 Å². The lowest BCUT2D eigenvalue weighted by Gasteiger charge is -2.13. The lowest BCUT2D eigenvalue weighted by Crippen LogP contribution is -2.30. The molecule has 2 rings (SSSR count). The van der Waals surface area contributed by atoms with E-state index < -0.39 is 29.7 Å². The predicted molar refractivity (Wildman–Crippen MR) is 82.7 cm³/mol. The number of primary amides is 1. The SMILES string of the molecule is C[C@H](OC(=O)c1ccc(F)cc1)C(=O)Nc1sccc1C(N)=O. The van der Waals surface area contributed by atoms with E-state index in [4.69, 9.17) is 10.5 Å². The van der Waals surface area contributed by atoms with Gasteiger partial charge in [0.05, 0.1) is 11.1 Å². The van der Waals surface area contributed by atoms with Crippen molar-refractivity contribution in [3.63, 3.8) is 0 Å². The first kappa shape index (κ1) is 16.6. The first-order valence-electron chi connectivity index (χ1n) is 6.53. The molecular formula is C15H13FN2O4S. The van der Waals surface area contributed by atoms with Gasteiger partial charge < -0.3 is 15.8 Å². The Morgan fingerprint density at radius 3 is 2.48 bits per heavy atom. The molecule has 2 aromatic rings. The molecule has 1 atom stereocenters. The van der Waals surface area contributed by atoms with Gasteiger partial charge in [-0.25, -0.2) is 9.18 Å². The third-order valence-electron chi connectivity index (χ3n) is 2.90. The number of amides is 2. The summed E-state index contributed by atoms with van der Waals surface area (Å²) in [6.45, 7) is 1.38. The highest BCUT2D eigenvalue weighted by Crippen LogP contribution is 2.23. The summed E-state index contributed by atoms with van der Waals surface area (Å²) >= 11 is 1.13. The van der Waals surface area contributed by atoms with Crippen molar-refractivity contribution in [1.29, 1.82) is 0 Å². The second-order valence-corrected chi connectivity index (χ2v) is 5.49. The van der Waals surface area contributed by atoms with E-state index in [0.717, 1.165) is 23.5 Å². The fraction of sp³-hybridized carbons (Fsp3) is 0.133. The molecule has 1 aromatic carbocycles. The number of halogens is 1. The maximum atomic E-state index is 12.8. The molecule has 0 fully saturated rings. The molecule has 0 aliphatic carbocycles. The number of thiophene rings is 1. The summed E-state index contributed by atoms with van der Waals surface area (Å²) in [5, 5.41) is 4.37. The maximum absolute atomic E-state index is 12.8. The van der Waals surface area contributed by atoms with E-state index in [-0.39, 0.29) is 16.1 Å². The van der Waals surface area contributed by atoms with Gasteiger partial charge in [-0.05, 0) is 42.6 Å². The molecule has 0 aliphatic heterocycles. The highest BCUT2D eigenvalue weighted by atomic mass is 32.1. The minimum absolute atomic E-state index is 0.125. The molecule has 120 valence electrons. The largest absolute Gasteiger partial charge is 0.449 e. The zero-order valence-electron chi connectivity index (χ0n) is 12.0. The Morgan fingerprint density at radius 2 is 1.87 bits per heavy atom. The molecule has 1 aromatic heterocycles. The van der Waals surface area contributed by atoms with E-state index in [2.05, 4.69) is 5.32 Å². The van der Waals surface area contributed by atoms with E-state index in [1.807, 2.05) is 0 Å². The average Bonchev–Trinajstić information content (AvgIpc) is 2.96. The van der Waals surface area contributed by atoms with Crippen molar-refractivity contribution in [2.45, 2.75) is 13.0 Å². The lowest BCUT2D eigenvalue weighted by molar-refractivity contribution is -0.123. The number of nitrogens with one attached hydrogen (secondary N) is 1. The molecule has 6 nitrogen and oxygen atoms in total. The summed E-state index contributed by atoms with van der Waals surface area (Å²) in [5.74, 6) is -2.51. The number of hydrogen-bond donors (Lipinski definition) is 2. The van der Waals surface area contributed by atoms with Gasteiger partial charge in [0.15, 0.2) is 6.10 Å². The van der Waals surface area contributed by atoms with Crippen molar-refractivity contribution >= 4 is 34.1 Å². The van der Waals surface area contributed by atoms with Gasteiger partial charge >= 0.3 is 5.97 Å². The van der Waals surface area contributed by atoms with Crippen LogP contribution in [0.25, 0.3) is 0 Å². The van der Waals surface area contributed by atoms with Crippen LogP contribution in [0.5, 0.6) is 0 Å². The zero-order valence-corrected chi connectivity index (χ0v) is 12.9. The third kappa shape index (κ3) is 4.13. The zero-order chi connectivity index (χ0) is 17.0. The van der Waals surface area contributed by atoms with Crippen LogP contribution in [0, 0.1) is 5.82 Å². The van der Waals surface area contributed by atoms with Crippen LogP contribution in [0.3, 0.4) is 0 Å². The number of ether oxygens (including phenoxy) is 1. The molecule has 1 heterocycles. The number of rotatable bonds is 5. The minimum atomic E-state index is -1.10. The summed E-state index contributed by atoms with van der Waals surface area (Å²) in [6.07, 6.45) is -1.10. The third-order valence-corrected chi connectivity index (χ3v) is 3.73. The summed E-state index contributed by atoms with van der Waals surface area (Å²) in [5.41, 5.74) is 5.49. The lowest BCUT2D eigenvalue weighted by atomic mass is 10.2. The van der Waals surface area contributed by atoms with E-state index in [9.17, 15) is 18.8 Å². The quantitative estimate of drug-likeness (QED) is 0.818. The topological polar surface area (TPSA) is 98.5 Å². The van der Waals surface area contributed by atoms with Crippen molar-refractivity contribution in [2.75, 3.05) is 5.32 Å². The summed E-state index contributed by atoms with van der Waals surface area (Å²) in [4.78, 5) is 35.1. The van der Waals surface area contributed by atoms with Gasteiger partial charge in [0.25, 0.3) is 11.8 Å². The molecule has 2 amide bonds. The number of anilines is 1. The number of esters is 1. The summed E-state index contributed by atoms with van der Waals surface area (Å²) < 4.78 is 17.8. The van der Waals surface area contributed by atoms with Gasteiger partial charge in [-0.15, -0.1) is 11.3 Å². The summed E-state index contributed by atoms with van der Waals surface area (Å²) in [7, 11) is 0. The molecule has 0 bridgehead atoms. The Balaban J connectivity index is 1.99. The standard InChI is InChI=1S/C15H13FN2O4S/c1-8(22-15(21)9-2-4-10(16)5-3-9)13(20)18-14-11(12(17)19)6-7-23-14/h2-8H,1H3,(H2,17,19)(H,18,20)/t8-/m0/s1. The molecule has 3 N–H and O–H groups in total. The minimum Gasteiger partial charge on any atom is -0.449 e. The van der Waals surface area contributed by atoms with Gasteiger partial charge in [0.2, 0.25) is 0 Å². The van der Waals surface area contributed by atoms with Crippen LogP contribution in [0.4, 0.5) is 9.39 Å². The van der Waals surface area contributed by atoms with Crippen LogP contribution in [0.1, 0.15) is 27.6 Å². The Morgan fingerprint density at radius 1 is 1.22 bits per heavy atom. The number of hydrogen-bond acceptors (Lipinski definition) is 5. The van der Waals surface area contributed by atoms with E-state index in [1.54, 1.807) is 5.38 Å². The Labute approximate surface area is 135 Å². The van der Waals surface area contributed by atoms with Crippen LogP contribution in [-0.2, 0) is 9.53 Å². The second-order valence-electron chi connectivity index (χ2n) is 4.57. The second kappa shape index (κ2) is 7.01. The molecule has 0 saturated carbocycles. The predicted octanol–water partition coefficient (Wildman–Crippen LogP) is 2.17. The molecule has 8 heteroatoms. The Kier molecular flexibility index (Phi) is 5.07. The van der Waals surface area contributed by atoms with Gasteiger partial charge in [-0.3, -0.25) is 9.59 Å². The van der Waals surface area contributed by atoms with Gasteiger partial charge in [0.1, 0.15) is 10.8 Å². The molecule has 0 radical (unpaired) electrons. The van der Waals surface area contributed by atoms with Crippen LogP contribution in [-0.4, -0.2) is 23.9 Å².